The number of piperidine rings is 1. The van der Waals surface area contributed by atoms with Crippen LogP contribution in [0.1, 0.15) is 25.8 Å². The van der Waals surface area contributed by atoms with Gasteiger partial charge in [-0.15, -0.1) is 0 Å². The van der Waals surface area contributed by atoms with E-state index in [4.69, 9.17) is 10.7 Å². The summed E-state index contributed by atoms with van der Waals surface area (Å²) in [6, 6.07) is 3.24. The third kappa shape index (κ3) is 3.67. The van der Waals surface area contributed by atoms with Crippen molar-refractivity contribution in [3.8, 4) is 11.3 Å². The number of amides is 1. The van der Waals surface area contributed by atoms with Crippen molar-refractivity contribution in [1.82, 2.24) is 34.4 Å². The molecule has 174 valence electrons. The topological polar surface area (TPSA) is 173 Å². The molecule has 0 spiro atoms. The lowest BCUT2D eigenvalue weighted by molar-refractivity contribution is -0.140. The van der Waals surface area contributed by atoms with Crippen molar-refractivity contribution in [2.24, 2.45) is 0 Å². The number of nitrogens with one attached hydrogen (secondary N) is 1. The number of aliphatic hydroxyl groups is 1. The van der Waals surface area contributed by atoms with E-state index in [1.165, 1.54) is 13.1 Å². The summed E-state index contributed by atoms with van der Waals surface area (Å²) in [4.78, 5) is 58.8. The number of aliphatic hydroxyl groups excluding tert-OH is 1. The number of aromatic amines is 1. The smallest absolute Gasteiger partial charge is 0.329 e. The molecule has 4 aromatic rings. The summed E-state index contributed by atoms with van der Waals surface area (Å²) in [6.45, 7) is 2.20. The van der Waals surface area contributed by atoms with Crippen molar-refractivity contribution in [2.45, 2.75) is 31.9 Å². The Hall–Kier alpha value is -4.19. The van der Waals surface area contributed by atoms with Crippen LogP contribution in [0, 0.1) is 0 Å². The molecule has 5 rings (SSSR count). The summed E-state index contributed by atoms with van der Waals surface area (Å²) in [5.41, 5.74) is 6.96. The van der Waals surface area contributed by atoms with Crippen LogP contribution in [0.5, 0.6) is 0 Å². The SMILES string of the molecule is C[C@@H](O)C(=O)N1CCC(n2c(=O)[nH]c(=O)c3cnc4ccc(-c5cnc(N)nc5)nc4c32)CC1. The van der Waals surface area contributed by atoms with E-state index in [1.54, 1.807) is 34.0 Å². The Balaban J connectivity index is 1.66. The first-order chi connectivity index (χ1) is 16.3. The molecule has 1 atom stereocenters. The molecule has 1 aliphatic heterocycles. The third-order valence-corrected chi connectivity index (χ3v) is 6.08. The second-order valence-corrected chi connectivity index (χ2v) is 8.28. The Morgan fingerprint density at radius 2 is 1.85 bits per heavy atom. The van der Waals surface area contributed by atoms with Crippen LogP contribution in [0.25, 0.3) is 33.2 Å². The van der Waals surface area contributed by atoms with Crippen molar-refractivity contribution in [3.05, 3.63) is 51.6 Å². The van der Waals surface area contributed by atoms with E-state index in [9.17, 15) is 19.5 Å². The number of H-pyrrole nitrogens is 1. The molecule has 1 amide bonds. The molecule has 5 heterocycles. The molecular weight excluding hydrogens is 440 g/mol. The predicted octanol–water partition coefficient (Wildman–Crippen LogP) is 0.217. The minimum atomic E-state index is -1.08. The summed E-state index contributed by atoms with van der Waals surface area (Å²) in [5.74, 6) is -0.207. The number of nitrogen functional groups attached to an aromatic ring is 1. The van der Waals surface area contributed by atoms with Crippen LogP contribution in [0.15, 0.2) is 40.3 Å². The Morgan fingerprint density at radius 1 is 1.15 bits per heavy atom. The predicted molar refractivity (Wildman–Crippen MR) is 124 cm³/mol. The number of likely N-dealkylation sites (tertiary alicyclic amines) is 1. The van der Waals surface area contributed by atoms with Crippen LogP contribution >= 0.6 is 0 Å². The number of pyridine rings is 2. The lowest BCUT2D eigenvalue weighted by Gasteiger charge is -2.34. The number of anilines is 1. The Labute approximate surface area is 192 Å². The van der Waals surface area contributed by atoms with Crippen LogP contribution < -0.4 is 17.0 Å². The van der Waals surface area contributed by atoms with Gasteiger partial charge in [-0.1, -0.05) is 0 Å². The molecule has 1 aliphatic rings. The van der Waals surface area contributed by atoms with Gasteiger partial charge in [0.2, 0.25) is 5.95 Å². The third-order valence-electron chi connectivity index (χ3n) is 6.08. The lowest BCUT2D eigenvalue weighted by Crippen LogP contribution is -2.45. The van der Waals surface area contributed by atoms with E-state index < -0.39 is 17.4 Å². The molecule has 4 aromatic heterocycles. The monoisotopic (exact) mass is 462 g/mol. The molecule has 0 aromatic carbocycles. The zero-order chi connectivity index (χ0) is 24.0. The highest BCUT2D eigenvalue weighted by atomic mass is 16.3. The second-order valence-electron chi connectivity index (χ2n) is 8.28. The van der Waals surface area contributed by atoms with Crippen molar-refractivity contribution >= 4 is 33.8 Å². The van der Waals surface area contributed by atoms with E-state index in [0.717, 1.165) is 0 Å². The number of nitrogens with zero attached hydrogens (tertiary/aromatic N) is 6. The van der Waals surface area contributed by atoms with E-state index in [1.807, 2.05) is 0 Å². The average molecular weight is 462 g/mol. The highest BCUT2D eigenvalue weighted by Gasteiger charge is 2.28. The molecular formula is C22H22N8O4. The molecule has 0 aliphatic carbocycles. The summed E-state index contributed by atoms with van der Waals surface area (Å²) in [7, 11) is 0. The number of aromatic nitrogens is 6. The molecule has 12 heteroatoms. The van der Waals surface area contributed by atoms with Gasteiger partial charge in [-0.25, -0.2) is 19.7 Å². The Kier molecular flexibility index (Phi) is 5.28. The van der Waals surface area contributed by atoms with Crippen LogP contribution in [-0.2, 0) is 4.79 Å². The first-order valence-electron chi connectivity index (χ1n) is 10.8. The number of carbonyl (C=O) groups is 1. The number of hydrogen-bond donors (Lipinski definition) is 3. The Morgan fingerprint density at radius 3 is 2.53 bits per heavy atom. The largest absolute Gasteiger partial charge is 0.384 e. The molecule has 0 saturated carbocycles. The van der Waals surface area contributed by atoms with E-state index in [0.29, 0.717) is 53.7 Å². The van der Waals surface area contributed by atoms with Crippen LogP contribution in [0.2, 0.25) is 0 Å². The highest BCUT2D eigenvalue weighted by Crippen LogP contribution is 2.28. The van der Waals surface area contributed by atoms with Crippen molar-refractivity contribution < 1.29 is 9.90 Å². The minimum absolute atomic E-state index is 0.137. The van der Waals surface area contributed by atoms with Gasteiger partial charge in [0.25, 0.3) is 11.5 Å². The van der Waals surface area contributed by atoms with Gasteiger partial charge in [-0.2, -0.15) is 0 Å². The number of rotatable bonds is 3. The number of carbonyl (C=O) groups excluding carboxylic acids is 1. The zero-order valence-corrected chi connectivity index (χ0v) is 18.3. The van der Waals surface area contributed by atoms with Gasteiger partial charge in [0, 0.05) is 43.3 Å². The van der Waals surface area contributed by atoms with Crippen molar-refractivity contribution in [3.63, 3.8) is 0 Å². The maximum absolute atomic E-state index is 13.0. The summed E-state index contributed by atoms with van der Waals surface area (Å²) in [5, 5.41) is 9.85. The van der Waals surface area contributed by atoms with Gasteiger partial charge in [0.15, 0.2) is 0 Å². The Bertz CT molecular complexity index is 1520. The fourth-order valence-electron chi connectivity index (χ4n) is 4.38. The summed E-state index contributed by atoms with van der Waals surface area (Å²) in [6.07, 6.45) is 4.41. The molecule has 0 radical (unpaired) electrons. The van der Waals surface area contributed by atoms with E-state index >= 15 is 0 Å². The van der Waals surface area contributed by atoms with Gasteiger partial charge in [-0.3, -0.25) is 24.1 Å². The number of nitrogens with two attached hydrogens (primary N) is 1. The molecule has 12 nitrogen and oxygen atoms in total. The summed E-state index contributed by atoms with van der Waals surface area (Å²) < 4.78 is 1.54. The fraction of sp³-hybridized carbons (Fsp3) is 0.318. The van der Waals surface area contributed by atoms with Gasteiger partial charge in [-0.05, 0) is 31.9 Å². The van der Waals surface area contributed by atoms with E-state index in [2.05, 4.69) is 19.9 Å². The molecule has 4 N–H and O–H groups in total. The van der Waals surface area contributed by atoms with Crippen LogP contribution in [0.4, 0.5) is 5.95 Å². The van der Waals surface area contributed by atoms with Crippen molar-refractivity contribution in [2.75, 3.05) is 18.8 Å². The second kappa shape index (κ2) is 8.30. The summed E-state index contributed by atoms with van der Waals surface area (Å²) >= 11 is 0. The maximum Gasteiger partial charge on any atom is 0.329 e. The van der Waals surface area contributed by atoms with Gasteiger partial charge in [0.05, 0.1) is 22.1 Å². The standard InChI is InChI=1S/C22H22N8O4/c1-11(31)20(33)29-6-4-13(5-7-29)30-18-14(19(32)28-22(30)34)10-24-16-3-2-15(27-17(16)18)12-8-25-21(23)26-9-12/h2-3,8-11,13,31H,4-7H2,1H3,(H2,23,25,26)(H,28,32,34)/t11-/m1/s1. The normalized spacial score (nSPS) is 15.6. The van der Waals surface area contributed by atoms with Crippen molar-refractivity contribution in [1.29, 1.82) is 0 Å². The average Bonchev–Trinajstić information content (AvgIpc) is 2.84. The van der Waals surface area contributed by atoms with Gasteiger partial charge >= 0.3 is 5.69 Å². The molecule has 0 unspecified atom stereocenters. The molecule has 1 fully saturated rings. The minimum Gasteiger partial charge on any atom is -0.384 e. The molecule has 0 bridgehead atoms. The first-order valence-corrected chi connectivity index (χ1v) is 10.8. The molecule has 1 saturated heterocycles. The fourth-order valence-corrected chi connectivity index (χ4v) is 4.38. The highest BCUT2D eigenvalue weighted by molar-refractivity contribution is 6.01. The number of hydrogen-bond acceptors (Lipinski definition) is 9. The van der Waals surface area contributed by atoms with Crippen LogP contribution in [-0.4, -0.2) is 64.6 Å². The first kappa shape index (κ1) is 21.6. The van der Waals surface area contributed by atoms with E-state index in [-0.39, 0.29) is 23.3 Å². The van der Waals surface area contributed by atoms with Gasteiger partial charge in [0.1, 0.15) is 11.6 Å². The zero-order valence-electron chi connectivity index (χ0n) is 18.3. The number of fused-ring (bicyclic) bond motifs is 3. The van der Waals surface area contributed by atoms with Crippen LogP contribution in [0.3, 0.4) is 0 Å². The quantitative estimate of drug-likeness (QED) is 0.360. The maximum atomic E-state index is 13.0. The lowest BCUT2D eigenvalue weighted by atomic mass is 10.0. The molecule has 34 heavy (non-hydrogen) atoms. The van der Waals surface area contributed by atoms with Gasteiger partial charge < -0.3 is 15.7 Å².